The molecule has 0 aliphatic rings. The molecule has 0 aliphatic heterocycles. The van der Waals surface area contributed by atoms with Gasteiger partial charge in [-0.25, -0.2) is 0 Å². The van der Waals surface area contributed by atoms with Gasteiger partial charge in [-0.15, -0.1) is 0 Å². The number of rotatable bonds is 1. The van der Waals surface area contributed by atoms with Gasteiger partial charge in [-0.05, 0) is 11.6 Å². The molecule has 1 aromatic rings. The number of hydrogen-bond acceptors (Lipinski definition) is 0. The first-order chi connectivity index (χ1) is 4.43. The molecule has 9 heavy (non-hydrogen) atoms. The molecule has 1 rings (SSSR count). The highest BCUT2D eigenvalue weighted by molar-refractivity contribution is 7.17. The summed E-state index contributed by atoms with van der Waals surface area (Å²) in [4.78, 5) is 0. The summed E-state index contributed by atoms with van der Waals surface area (Å²) in [6, 6.07) is 10.0. The van der Waals surface area contributed by atoms with Crippen LogP contribution in [0, 0.1) is 0 Å². The molecular formula is C8H7P. The van der Waals surface area contributed by atoms with Crippen LogP contribution in [0.5, 0.6) is 0 Å². The lowest BCUT2D eigenvalue weighted by Gasteiger charge is -1.84. The molecule has 0 fully saturated rings. The van der Waals surface area contributed by atoms with Crippen LogP contribution in [0.1, 0.15) is 5.56 Å². The van der Waals surface area contributed by atoms with Crippen LogP contribution in [0.2, 0.25) is 0 Å². The fourth-order valence-corrected chi connectivity index (χ4v) is 0.799. The summed E-state index contributed by atoms with van der Waals surface area (Å²) in [5.74, 6) is 0. The Morgan fingerprint density at radius 1 is 1.22 bits per heavy atom. The van der Waals surface area contributed by atoms with Crippen molar-refractivity contribution in [2.24, 2.45) is 0 Å². The van der Waals surface area contributed by atoms with Crippen LogP contribution in [-0.4, -0.2) is 5.45 Å². The molecule has 0 aliphatic carbocycles. The third-order valence-electron chi connectivity index (χ3n) is 1.04. The molecule has 0 atom stereocenters. The lowest BCUT2D eigenvalue weighted by Crippen LogP contribution is -1.65. The van der Waals surface area contributed by atoms with Crippen LogP contribution < -0.4 is 0 Å². The van der Waals surface area contributed by atoms with Gasteiger partial charge in [-0.3, -0.25) is 0 Å². The Balaban J connectivity index is 2.97. The zero-order valence-corrected chi connectivity index (χ0v) is 5.96. The zero-order valence-electron chi connectivity index (χ0n) is 4.96. The van der Waals surface area contributed by atoms with E-state index < -0.39 is 0 Å². The van der Waals surface area contributed by atoms with Crippen LogP contribution >= 0.6 is 8.86 Å². The van der Waals surface area contributed by atoms with Gasteiger partial charge in [0.15, 0.2) is 0 Å². The maximum Gasteiger partial charge on any atom is -0.00851 e. The van der Waals surface area contributed by atoms with E-state index in [1.54, 1.807) is 0 Å². The molecule has 0 spiro atoms. The second-order valence-corrected chi connectivity index (χ2v) is 1.99. The van der Waals surface area contributed by atoms with Gasteiger partial charge in [0.2, 0.25) is 0 Å². The maximum absolute atomic E-state index is 3.12. The average Bonchev–Trinajstić information content (AvgIpc) is 1.91. The minimum Gasteiger partial charge on any atom is -0.0967 e. The average molecular weight is 134 g/mol. The third-order valence-corrected chi connectivity index (χ3v) is 1.18. The summed E-state index contributed by atoms with van der Waals surface area (Å²) in [6.45, 7) is 0. The first-order valence-electron chi connectivity index (χ1n) is 2.74. The SMILES string of the molecule is P=C=Cc1ccccc1. The molecule has 0 saturated carbocycles. The first-order valence-corrected chi connectivity index (χ1v) is 3.24. The van der Waals surface area contributed by atoms with Gasteiger partial charge in [0.05, 0.1) is 0 Å². The quantitative estimate of drug-likeness (QED) is 0.517. The van der Waals surface area contributed by atoms with Crippen molar-refractivity contribution in [2.75, 3.05) is 0 Å². The summed E-state index contributed by atoms with van der Waals surface area (Å²) < 4.78 is 0. The monoisotopic (exact) mass is 134 g/mol. The van der Waals surface area contributed by atoms with Crippen molar-refractivity contribution in [2.45, 2.75) is 0 Å². The van der Waals surface area contributed by atoms with Gasteiger partial charge in [0.25, 0.3) is 0 Å². The Hall–Kier alpha value is -0.830. The van der Waals surface area contributed by atoms with Crippen molar-refractivity contribution in [1.29, 1.82) is 0 Å². The van der Waals surface area contributed by atoms with Crippen LogP contribution in [0.4, 0.5) is 0 Å². The van der Waals surface area contributed by atoms with E-state index in [0.29, 0.717) is 0 Å². The Bertz CT molecular complexity index is 220. The second-order valence-electron chi connectivity index (χ2n) is 1.70. The molecule has 0 heterocycles. The minimum absolute atomic E-state index is 1.16. The van der Waals surface area contributed by atoms with Crippen LogP contribution in [0.25, 0.3) is 6.08 Å². The Labute approximate surface area is 57.1 Å². The molecule has 0 N–H and O–H groups in total. The summed E-state index contributed by atoms with van der Waals surface area (Å²) in [5.41, 5.74) is 3.92. The van der Waals surface area contributed by atoms with Gasteiger partial charge in [0, 0.05) is 0 Å². The van der Waals surface area contributed by atoms with Crippen LogP contribution in [0.3, 0.4) is 0 Å². The summed E-state index contributed by atoms with van der Waals surface area (Å²) >= 11 is 0. The molecule has 0 bridgehead atoms. The highest BCUT2D eigenvalue weighted by Crippen LogP contribution is 1.97. The highest BCUT2D eigenvalue weighted by atomic mass is 31.0. The molecule has 44 valence electrons. The van der Waals surface area contributed by atoms with Crippen molar-refractivity contribution >= 4 is 20.4 Å². The van der Waals surface area contributed by atoms with E-state index in [1.165, 1.54) is 0 Å². The van der Waals surface area contributed by atoms with E-state index in [4.69, 9.17) is 0 Å². The van der Waals surface area contributed by atoms with E-state index >= 15 is 0 Å². The fourth-order valence-electron chi connectivity index (χ4n) is 0.633. The van der Waals surface area contributed by atoms with Crippen LogP contribution in [0.15, 0.2) is 30.3 Å². The third kappa shape index (κ3) is 1.85. The Kier molecular flexibility index (Phi) is 2.27. The molecule has 0 saturated heterocycles. The van der Waals surface area contributed by atoms with Crippen molar-refractivity contribution in [3.63, 3.8) is 0 Å². The Morgan fingerprint density at radius 2 is 1.89 bits per heavy atom. The molecule has 0 radical (unpaired) electrons. The zero-order chi connectivity index (χ0) is 6.53. The summed E-state index contributed by atoms with van der Waals surface area (Å²) in [6.07, 6.45) is 1.87. The standard InChI is InChI=1S/C8H7P/c9-7-6-8-4-2-1-3-5-8/h1-6,9H. The van der Waals surface area contributed by atoms with E-state index in [9.17, 15) is 0 Å². The fraction of sp³-hybridized carbons (Fsp3) is 0. The normalized spacial score (nSPS) is 8.00. The lowest BCUT2D eigenvalue weighted by molar-refractivity contribution is 1.67. The molecule has 0 amide bonds. The Morgan fingerprint density at radius 3 is 2.44 bits per heavy atom. The summed E-state index contributed by atoms with van der Waals surface area (Å²) in [5, 5.41) is 0. The van der Waals surface area contributed by atoms with Crippen molar-refractivity contribution in [3.05, 3.63) is 35.9 Å². The van der Waals surface area contributed by atoms with E-state index in [0.717, 1.165) is 5.56 Å². The van der Waals surface area contributed by atoms with E-state index in [2.05, 4.69) is 14.3 Å². The van der Waals surface area contributed by atoms with E-state index in [-0.39, 0.29) is 0 Å². The number of hydrogen-bond donors (Lipinski definition) is 0. The highest BCUT2D eigenvalue weighted by Gasteiger charge is 1.77. The second kappa shape index (κ2) is 3.25. The molecule has 0 nitrogen and oxygen atoms in total. The predicted octanol–water partition coefficient (Wildman–Crippen LogP) is 2.24. The van der Waals surface area contributed by atoms with Gasteiger partial charge < -0.3 is 0 Å². The smallest absolute Gasteiger partial charge is 0.00851 e. The van der Waals surface area contributed by atoms with Crippen molar-refractivity contribution in [1.82, 2.24) is 0 Å². The molecule has 1 aromatic carbocycles. The van der Waals surface area contributed by atoms with Gasteiger partial charge >= 0.3 is 0 Å². The van der Waals surface area contributed by atoms with Crippen LogP contribution in [-0.2, 0) is 0 Å². The molecule has 0 aromatic heterocycles. The molecule has 0 unspecified atom stereocenters. The largest absolute Gasteiger partial charge is 0.0967 e. The van der Waals surface area contributed by atoms with E-state index in [1.807, 2.05) is 36.4 Å². The topological polar surface area (TPSA) is 0 Å². The molecular weight excluding hydrogens is 127 g/mol. The predicted molar refractivity (Wildman–Crippen MR) is 44.2 cm³/mol. The van der Waals surface area contributed by atoms with Gasteiger partial charge in [-0.2, -0.15) is 0 Å². The molecule has 1 heteroatoms. The van der Waals surface area contributed by atoms with Gasteiger partial charge in [0.1, 0.15) is 0 Å². The van der Waals surface area contributed by atoms with Gasteiger partial charge in [-0.1, -0.05) is 44.6 Å². The minimum atomic E-state index is 1.16. The maximum atomic E-state index is 3.12. The van der Waals surface area contributed by atoms with Crippen molar-refractivity contribution in [3.8, 4) is 0 Å². The lowest BCUT2D eigenvalue weighted by atomic mass is 10.2. The number of benzene rings is 1. The van der Waals surface area contributed by atoms with Crippen molar-refractivity contribution < 1.29 is 0 Å². The first kappa shape index (κ1) is 6.29. The summed E-state index contributed by atoms with van der Waals surface area (Å²) in [7, 11) is 3.12.